The lowest BCUT2D eigenvalue weighted by molar-refractivity contribution is -0.169. The van der Waals surface area contributed by atoms with Gasteiger partial charge in [0.25, 0.3) is 5.92 Å². The number of hydrogen-bond donors (Lipinski definition) is 0. The summed E-state index contributed by atoms with van der Waals surface area (Å²) < 4.78 is 42.5. The Kier molecular flexibility index (Phi) is 4.08. The van der Waals surface area contributed by atoms with Crippen LogP contribution in [0.3, 0.4) is 0 Å². The summed E-state index contributed by atoms with van der Waals surface area (Å²) in [5.41, 5.74) is 0.172. The Labute approximate surface area is 152 Å². The van der Waals surface area contributed by atoms with Crippen molar-refractivity contribution in [2.24, 2.45) is 0 Å². The zero-order valence-corrected chi connectivity index (χ0v) is 14.7. The molecule has 4 heterocycles. The molecule has 1 atom stereocenters. The lowest BCUT2D eigenvalue weighted by atomic mass is 10.0. The molecular formula is C17H18F3N5O2. The molecule has 144 valence electrons. The second-order valence-corrected chi connectivity index (χ2v) is 7.13. The van der Waals surface area contributed by atoms with Gasteiger partial charge in [0, 0.05) is 12.6 Å². The molecule has 1 fully saturated rings. The number of amides is 1. The van der Waals surface area contributed by atoms with Gasteiger partial charge in [-0.1, -0.05) is 0 Å². The predicted octanol–water partition coefficient (Wildman–Crippen LogP) is 1.29. The predicted molar refractivity (Wildman–Crippen MR) is 88.0 cm³/mol. The minimum absolute atomic E-state index is 0.0726. The fourth-order valence-corrected chi connectivity index (χ4v) is 3.57. The van der Waals surface area contributed by atoms with Gasteiger partial charge < -0.3 is 4.90 Å². The Morgan fingerprint density at radius 1 is 1.37 bits per heavy atom. The first kappa shape index (κ1) is 17.7. The Bertz CT molecular complexity index is 960. The summed E-state index contributed by atoms with van der Waals surface area (Å²) in [6.07, 6.45) is 2.99. The number of fused-ring (bicyclic) bond motifs is 1. The van der Waals surface area contributed by atoms with E-state index in [1.807, 2.05) is 0 Å². The molecule has 0 N–H and O–H groups in total. The molecule has 0 unspecified atom stereocenters. The summed E-state index contributed by atoms with van der Waals surface area (Å²) in [4.78, 5) is 30.4. The van der Waals surface area contributed by atoms with Gasteiger partial charge in [-0.25, -0.2) is 22.6 Å². The normalized spacial score (nSPS) is 20.9. The first-order chi connectivity index (χ1) is 12.7. The van der Waals surface area contributed by atoms with Crippen molar-refractivity contribution in [3.8, 4) is 0 Å². The Hall–Kier alpha value is -2.65. The summed E-state index contributed by atoms with van der Waals surface area (Å²) in [5.74, 6) is -3.49. The number of likely N-dealkylation sites (tertiary alicyclic amines) is 1. The second-order valence-electron chi connectivity index (χ2n) is 7.13. The first-order valence-electron chi connectivity index (χ1n) is 8.71. The van der Waals surface area contributed by atoms with E-state index in [4.69, 9.17) is 0 Å². The topological polar surface area (TPSA) is 73.0 Å². The maximum Gasteiger partial charge on any atom is 0.347 e. The van der Waals surface area contributed by atoms with Gasteiger partial charge >= 0.3 is 5.69 Å². The number of aryl methyl sites for hydroxylation is 2. The molecule has 0 bridgehead atoms. The van der Waals surface area contributed by atoms with Gasteiger partial charge in [-0.2, -0.15) is 5.10 Å². The van der Waals surface area contributed by atoms with Crippen molar-refractivity contribution in [3.63, 3.8) is 0 Å². The highest BCUT2D eigenvalue weighted by Crippen LogP contribution is 2.31. The van der Waals surface area contributed by atoms with Gasteiger partial charge in [0.1, 0.15) is 17.7 Å². The molecule has 2 aliphatic rings. The van der Waals surface area contributed by atoms with Gasteiger partial charge in [0.2, 0.25) is 5.91 Å². The van der Waals surface area contributed by atoms with E-state index >= 15 is 0 Å². The highest BCUT2D eigenvalue weighted by atomic mass is 19.3. The van der Waals surface area contributed by atoms with Crippen molar-refractivity contribution >= 4 is 5.91 Å². The number of hydrogen-bond acceptors (Lipinski definition) is 4. The van der Waals surface area contributed by atoms with E-state index in [0.29, 0.717) is 30.7 Å². The lowest BCUT2D eigenvalue weighted by Crippen LogP contribution is -2.60. The van der Waals surface area contributed by atoms with Crippen LogP contribution in [0.25, 0.3) is 0 Å². The molecule has 0 aromatic carbocycles. The molecular weight excluding hydrogens is 363 g/mol. The van der Waals surface area contributed by atoms with Crippen LogP contribution in [0.2, 0.25) is 0 Å². The zero-order valence-electron chi connectivity index (χ0n) is 14.7. The monoisotopic (exact) mass is 381 g/mol. The summed E-state index contributed by atoms with van der Waals surface area (Å²) in [6, 6.07) is 0.474. The summed E-state index contributed by atoms with van der Waals surface area (Å²) >= 11 is 0. The van der Waals surface area contributed by atoms with E-state index in [1.165, 1.54) is 16.8 Å². The maximum atomic E-state index is 14.0. The van der Waals surface area contributed by atoms with Crippen LogP contribution in [0.5, 0.6) is 0 Å². The number of aromatic nitrogens is 4. The SMILES string of the molecule is Cc1cnc(Cn2nc3n(c2=O)[C@H](C(=O)N2CC(F)(F)C2)CCC3)c(F)c1. The largest absolute Gasteiger partial charge is 0.347 e. The maximum absolute atomic E-state index is 14.0. The molecule has 4 rings (SSSR count). The zero-order chi connectivity index (χ0) is 19.3. The fourth-order valence-electron chi connectivity index (χ4n) is 3.57. The summed E-state index contributed by atoms with van der Waals surface area (Å²) in [6.45, 7) is 0.294. The Morgan fingerprint density at radius 3 is 2.78 bits per heavy atom. The van der Waals surface area contributed by atoms with Crippen LogP contribution in [0.1, 0.15) is 36.0 Å². The Balaban J connectivity index is 1.62. The molecule has 2 aromatic heterocycles. The van der Waals surface area contributed by atoms with E-state index in [-0.39, 0.29) is 12.2 Å². The van der Waals surface area contributed by atoms with E-state index in [0.717, 1.165) is 9.58 Å². The second kappa shape index (κ2) is 6.21. The smallest absolute Gasteiger partial charge is 0.329 e. The van der Waals surface area contributed by atoms with Crippen LogP contribution in [0.15, 0.2) is 17.1 Å². The molecule has 10 heteroatoms. The molecule has 0 aliphatic carbocycles. The van der Waals surface area contributed by atoms with E-state index in [2.05, 4.69) is 10.1 Å². The molecule has 2 aromatic rings. The van der Waals surface area contributed by atoms with Crippen molar-refractivity contribution in [1.82, 2.24) is 24.2 Å². The number of rotatable bonds is 3. The molecule has 1 amide bonds. The van der Waals surface area contributed by atoms with Crippen LogP contribution in [0, 0.1) is 12.7 Å². The van der Waals surface area contributed by atoms with Crippen molar-refractivity contribution in [3.05, 3.63) is 45.6 Å². The summed E-state index contributed by atoms with van der Waals surface area (Å²) in [5, 5.41) is 4.22. The molecule has 1 saturated heterocycles. The van der Waals surface area contributed by atoms with Crippen LogP contribution in [0.4, 0.5) is 13.2 Å². The fraction of sp³-hybridized carbons (Fsp3) is 0.529. The quantitative estimate of drug-likeness (QED) is 0.803. The number of nitrogens with zero attached hydrogens (tertiary/aromatic N) is 5. The molecule has 2 aliphatic heterocycles. The van der Waals surface area contributed by atoms with Gasteiger partial charge in [0.05, 0.1) is 25.3 Å². The standard InChI is InChI=1S/C17H18F3N5O2/c1-10-5-11(18)12(21-6-10)7-24-16(27)25-13(3-2-4-14(25)22-24)15(26)23-8-17(19,20)9-23/h5-6,13H,2-4,7-9H2,1H3/t13-/m0/s1. The van der Waals surface area contributed by atoms with Gasteiger partial charge in [-0.15, -0.1) is 0 Å². The van der Waals surface area contributed by atoms with Crippen molar-refractivity contribution in [1.29, 1.82) is 0 Å². The van der Waals surface area contributed by atoms with Crippen LogP contribution in [-0.2, 0) is 17.8 Å². The van der Waals surface area contributed by atoms with Crippen LogP contribution in [-0.4, -0.2) is 49.2 Å². The average Bonchev–Trinajstić information content (AvgIpc) is 2.90. The van der Waals surface area contributed by atoms with Crippen LogP contribution >= 0.6 is 0 Å². The highest BCUT2D eigenvalue weighted by Gasteiger charge is 2.48. The molecule has 0 spiro atoms. The highest BCUT2D eigenvalue weighted by molar-refractivity contribution is 5.81. The first-order valence-corrected chi connectivity index (χ1v) is 8.71. The van der Waals surface area contributed by atoms with Crippen molar-refractivity contribution in [2.45, 2.75) is 44.7 Å². The van der Waals surface area contributed by atoms with Crippen LogP contribution < -0.4 is 5.69 Å². The number of alkyl halides is 2. The number of halogens is 3. The van der Waals surface area contributed by atoms with E-state index in [9.17, 15) is 22.8 Å². The van der Waals surface area contributed by atoms with Gasteiger partial charge in [0.15, 0.2) is 0 Å². The van der Waals surface area contributed by atoms with E-state index < -0.39 is 42.5 Å². The average molecular weight is 381 g/mol. The third kappa shape index (κ3) is 3.13. The summed E-state index contributed by atoms with van der Waals surface area (Å²) in [7, 11) is 0. The van der Waals surface area contributed by atoms with Crippen molar-refractivity contribution in [2.75, 3.05) is 13.1 Å². The minimum atomic E-state index is -2.86. The third-order valence-corrected chi connectivity index (χ3v) is 4.93. The molecule has 27 heavy (non-hydrogen) atoms. The van der Waals surface area contributed by atoms with Gasteiger partial charge in [-0.3, -0.25) is 14.3 Å². The van der Waals surface area contributed by atoms with Crippen molar-refractivity contribution < 1.29 is 18.0 Å². The number of carbonyl (C=O) groups is 1. The molecule has 7 nitrogen and oxygen atoms in total. The molecule has 0 radical (unpaired) electrons. The number of pyridine rings is 1. The lowest BCUT2D eigenvalue weighted by Gasteiger charge is -2.41. The minimum Gasteiger partial charge on any atom is -0.329 e. The van der Waals surface area contributed by atoms with Gasteiger partial charge in [-0.05, 0) is 31.4 Å². The third-order valence-electron chi connectivity index (χ3n) is 4.93. The Morgan fingerprint density at radius 2 is 2.11 bits per heavy atom. The van der Waals surface area contributed by atoms with E-state index in [1.54, 1.807) is 6.92 Å². The molecule has 0 saturated carbocycles. The number of carbonyl (C=O) groups excluding carboxylic acids is 1.